The molecule has 0 saturated carbocycles. The molecule has 0 spiro atoms. The summed E-state index contributed by atoms with van der Waals surface area (Å²) in [5.41, 5.74) is 2.63. The first-order valence-electron chi connectivity index (χ1n) is 7.52. The molecule has 0 aliphatic rings. The number of hydrogen-bond acceptors (Lipinski definition) is 3. The minimum atomic E-state index is -0.278. The Morgan fingerprint density at radius 3 is 2.52 bits per heavy atom. The van der Waals surface area contributed by atoms with Crippen LogP contribution in [0.25, 0.3) is 11.2 Å². The Morgan fingerprint density at radius 2 is 2.00 bits per heavy atom. The van der Waals surface area contributed by atoms with Gasteiger partial charge in [-0.1, -0.05) is 0 Å². The number of halogens is 1. The Kier molecular flexibility index (Phi) is 4.63. The van der Waals surface area contributed by atoms with Crippen LogP contribution < -0.4 is 0 Å². The molecule has 5 nitrogen and oxygen atoms in total. The summed E-state index contributed by atoms with van der Waals surface area (Å²) in [4.78, 5) is 4.72. The maximum absolute atomic E-state index is 6.34. The van der Waals surface area contributed by atoms with E-state index in [1.807, 2.05) is 25.5 Å². The summed E-state index contributed by atoms with van der Waals surface area (Å²) in [6.45, 7) is 14.4. The summed E-state index contributed by atoms with van der Waals surface area (Å²) in [7, 11) is 0. The Hall–Kier alpha value is -1.07. The largest absolute Gasteiger partial charge is 0.374 e. The van der Waals surface area contributed by atoms with Gasteiger partial charge in [-0.25, -0.2) is 9.67 Å². The van der Waals surface area contributed by atoms with E-state index in [1.54, 1.807) is 0 Å². The molecule has 1 atom stereocenters. The third-order valence-corrected chi connectivity index (χ3v) is 3.75. The van der Waals surface area contributed by atoms with Crippen LogP contribution in [0, 0.1) is 6.92 Å². The maximum Gasteiger partial charge on any atom is 0.159 e. The lowest BCUT2D eigenvalue weighted by atomic mass is 10.1. The molecular formula is C15H25ClN4O. The molecule has 2 aromatic heterocycles. The normalized spacial score (nSPS) is 14.0. The second-order valence-electron chi connectivity index (χ2n) is 5.94. The lowest BCUT2D eigenvalue weighted by molar-refractivity contribution is -0.0223. The van der Waals surface area contributed by atoms with E-state index in [0.29, 0.717) is 13.2 Å². The van der Waals surface area contributed by atoms with Gasteiger partial charge in [-0.2, -0.15) is 5.10 Å². The first-order valence-corrected chi connectivity index (χ1v) is 7.96. The van der Waals surface area contributed by atoms with E-state index < -0.39 is 0 Å². The zero-order valence-corrected chi connectivity index (χ0v) is 14.5. The predicted octanol–water partition coefficient (Wildman–Crippen LogP) is 3.68. The van der Waals surface area contributed by atoms with E-state index in [1.165, 1.54) is 0 Å². The van der Waals surface area contributed by atoms with Crippen molar-refractivity contribution in [2.75, 3.05) is 6.61 Å². The molecule has 0 bridgehead atoms. The van der Waals surface area contributed by atoms with Crippen molar-refractivity contribution in [2.24, 2.45) is 0 Å². The third-order valence-electron chi connectivity index (χ3n) is 3.56. The number of nitrogens with zero attached hydrogens (tertiary/aromatic N) is 4. The van der Waals surface area contributed by atoms with Crippen LogP contribution in [-0.2, 0) is 17.8 Å². The van der Waals surface area contributed by atoms with Crippen molar-refractivity contribution < 1.29 is 4.74 Å². The molecule has 6 heteroatoms. The van der Waals surface area contributed by atoms with Crippen LogP contribution >= 0.6 is 11.6 Å². The van der Waals surface area contributed by atoms with Crippen LogP contribution in [-0.4, -0.2) is 31.5 Å². The Balaban J connectivity index is 2.60. The zero-order valence-electron chi connectivity index (χ0n) is 13.8. The minimum absolute atomic E-state index is 0.153. The molecule has 0 aliphatic heterocycles. The Bertz CT molecular complexity index is 627. The molecule has 0 amide bonds. The highest BCUT2D eigenvalue weighted by Crippen LogP contribution is 2.28. The van der Waals surface area contributed by atoms with Crippen molar-refractivity contribution >= 4 is 22.8 Å². The first-order chi connectivity index (χ1) is 9.80. The molecule has 2 rings (SSSR count). The van der Waals surface area contributed by atoms with Crippen LogP contribution in [0.4, 0.5) is 0 Å². The van der Waals surface area contributed by atoms with Gasteiger partial charge in [0.25, 0.3) is 0 Å². The van der Waals surface area contributed by atoms with Crippen molar-refractivity contribution in [2.45, 2.75) is 65.6 Å². The average molecular weight is 313 g/mol. The van der Waals surface area contributed by atoms with Gasteiger partial charge in [0.1, 0.15) is 11.3 Å². The molecule has 21 heavy (non-hydrogen) atoms. The van der Waals surface area contributed by atoms with E-state index in [0.717, 1.165) is 29.2 Å². The van der Waals surface area contributed by atoms with Gasteiger partial charge in [0.15, 0.2) is 5.65 Å². The minimum Gasteiger partial charge on any atom is -0.374 e. The summed E-state index contributed by atoms with van der Waals surface area (Å²) in [6, 6.07) is 0. The van der Waals surface area contributed by atoms with Crippen molar-refractivity contribution in [1.82, 2.24) is 19.3 Å². The van der Waals surface area contributed by atoms with Gasteiger partial charge in [0.2, 0.25) is 0 Å². The van der Waals surface area contributed by atoms with E-state index in [9.17, 15) is 0 Å². The molecular weight excluding hydrogens is 288 g/mol. The number of rotatable bonds is 6. The van der Waals surface area contributed by atoms with Crippen LogP contribution in [0.5, 0.6) is 0 Å². The lowest BCUT2D eigenvalue weighted by Crippen LogP contribution is -2.31. The number of fused-ring (bicyclic) bond motifs is 1. The van der Waals surface area contributed by atoms with Gasteiger partial charge in [0, 0.05) is 13.2 Å². The maximum atomic E-state index is 6.34. The lowest BCUT2D eigenvalue weighted by Gasteiger charge is -2.26. The fraction of sp³-hybridized carbons (Fsp3) is 0.733. The number of alkyl halides is 1. The molecule has 0 aliphatic carbocycles. The van der Waals surface area contributed by atoms with Gasteiger partial charge in [-0.3, -0.25) is 0 Å². The molecule has 2 heterocycles. The number of ether oxygens (including phenoxy) is 1. The second-order valence-corrected chi connectivity index (χ2v) is 6.59. The molecule has 0 saturated heterocycles. The van der Waals surface area contributed by atoms with Crippen molar-refractivity contribution in [3.8, 4) is 0 Å². The first kappa shape index (κ1) is 16.3. The molecule has 118 valence electrons. The van der Waals surface area contributed by atoms with Gasteiger partial charge < -0.3 is 9.30 Å². The van der Waals surface area contributed by atoms with Crippen molar-refractivity contribution in [3.05, 3.63) is 11.5 Å². The SMILES string of the molecule is CCOC(C)(C)Cn1c(C(C)Cl)nc2c(C)nn(CC)c21. The summed E-state index contributed by atoms with van der Waals surface area (Å²) >= 11 is 6.34. The summed E-state index contributed by atoms with van der Waals surface area (Å²) in [5, 5.41) is 4.40. The summed E-state index contributed by atoms with van der Waals surface area (Å²) in [5.74, 6) is 0.877. The third kappa shape index (κ3) is 3.09. The monoisotopic (exact) mass is 312 g/mol. The molecule has 0 fully saturated rings. The van der Waals surface area contributed by atoms with Crippen LogP contribution in [0.3, 0.4) is 0 Å². The fourth-order valence-electron chi connectivity index (χ4n) is 2.74. The smallest absolute Gasteiger partial charge is 0.159 e. The predicted molar refractivity (Wildman–Crippen MR) is 85.9 cm³/mol. The molecule has 2 aromatic rings. The summed E-state index contributed by atoms with van der Waals surface area (Å²) in [6.07, 6.45) is 0. The standard InChI is InChI=1S/C15H25ClN4O/c1-7-20-14-12(11(4)18-20)17-13(10(3)16)19(14)9-15(5,6)21-8-2/h10H,7-9H2,1-6H3. The van der Waals surface area contributed by atoms with Gasteiger partial charge >= 0.3 is 0 Å². The van der Waals surface area contributed by atoms with Crippen molar-refractivity contribution in [3.63, 3.8) is 0 Å². The molecule has 1 unspecified atom stereocenters. The van der Waals surface area contributed by atoms with Gasteiger partial charge in [-0.15, -0.1) is 11.6 Å². The van der Waals surface area contributed by atoms with Crippen molar-refractivity contribution in [1.29, 1.82) is 0 Å². The van der Waals surface area contributed by atoms with E-state index in [4.69, 9.17) is 21.3 Å². The Labute approximate surface area is 131 Å². The van der Waals surface area contributed by atoms with Crippen LogP contribution in [0.2, 0.25) is 0 Å². The highest BCUT2D eigenvalue weighted by atomic mass is 35.5. The average Bonchev–Trinajstić information content (AvgIpc) is 2.88. The van der Waals surface area contributed by atoms with Gasteiger partial charge in [0.05, 0.1) is 23.2 Å². The highest BCUT2D eigenvalue weighted by molar-refractivity contribution is 6.20. The van der Waals surface area contributed by atoms with E-state index in [-0.39, 0.29) is 11.0 Å². The Morgan fingerprint density at radius 1 is 1.33 bits per heavy atom. The highest BCUT2D eigenvalue weighted by Gasteiger charge is 2.26. The number of imidazole rings is 1. The second kappa shape index (κ2) is 5.97. The zero-order chi connectivity index (χ0) is 15.8. The summed E-state index contributed by atoms with van der Waals surface area (Å²) < 4.78 is 9.99. The topological polar surface area (TPSA) is 44.9 Å². The quantitative estimate of drug-likeness (QED) is 0.764. The number of aromatic nitrogens is 4. The molecule has 0 N–H and O–H groups in total. The molecule has 0 aromatic carbocycles. The van der Waals surface area contributed by atoms with Gasteiger partial charge in [-0.05, 0) is 41.5 Å². The number of hydrogen-bond donors (Lipinski definition) is 0. The van der Waals surface area contributed by atoms with E-state index in [2.05, 4.69) is 30.4 Å². The number of aryl methyl sites for hydroxylation is 2. The van der Waals surface area contributed by atoms with E-state index >= 15 is 0 Å². The van der Waals surface area contributed by atoms with Crippen LogP contribution in [0.1, 0.15) is 51.5 Å². The molecule has 0 radical (unpaired) electrons. The van der Waals surface area contributed by atoms with Crippen LogP contribution in [0.15, 0.2) is 0 Å². The fourth-order valence-corrected chi connectivity index (χ4v) is 2.91.